The molecule has 1 aromatic carbocycles. The Balaban J connectivity index is 0.00000312. The maximum atomic E-state index is 12.2. The Morgan fingerprint density at radius 3 is 2.40 bits per heavy atom. The van der Waals surface area contributed by atoms with Gasteiger partial charge in [-0.2, -0.15) is 0 Å². The van der Waals surface area contributed by atoms with Crippen LogP contribution in [0.5, 0.6) is 17.2 Å². The van der Waals surface area contributed by atoms with E-state index < -0.39 is 0 Å². The lowest BCUT2D eigenvalue weighted by molar-refractivity contribution is -0.116. The predicted octanol–water partition coefficient (Wildman–Crippen LogP) is 1.76. The molecule has 7 nitrogen and oxygen atoms in total. The Morgan fingerprint density at radius 1 is 1.24 bits per heavy atom. The summed E-state index contributed by atoms with van der Waals surface area (Å²) in [5, 5.41) is 6.25. The van der Waals surface area contributed by atoms with Gasteiger partial charge in [0.05, 0.1) is 21.3 Å². The Hall–Kier alpha value is -1.70. The summed E-state index contributed by atoms with van der Waals surface area (Å²) in [7, 11) is 4.65. The lowest BCUT2D eigenvalue weighted by Crippen LogP contribution is -2.50. The van der Waals surface area contributed by atoms with Gasteiger partial charge in [-0.25, -0.2) is 0 Å². The third kappa shape index (κ3) is 5.66. The Bertz CT molecular complexity index is 546. The number of benzene rings is 1. The number of hydrogen-bond acceptors (Lipinski definition) is 6. The van der Waals surface area contributed by atoms with Crippen LogP contribution in [0.2, 0.25) is 0 Å². The number of anilines is 1. The molecular weight excluding hydrogens is 346 g/mol. The molecule has 25 heavy (non-hydrogen) atoms. The minimum absolute atomic E-state index is 0. The van der Waals surface area contributed by atoms with Crippen molar-refractivity contribution in [3.63, 3.8) is 0 Å². The van der Waals surface area contributed by atoms with Gasteiger partial charge >= 0.3 is 0 Å². The van der Waals surface area contributed by atoms with Crippen molar-refractivity contribution in [3.8, 4) is 17.2 Å². The zero-order valence-corrected chi connectivity index (χ0v) is 16.1. The van der Waals surface area contributed by atoms with Crippen LogP contribution in [0.15, 0.2) is 12.1 Å². The second-order valence-corrected chi connectivity index (χ2v) is 5.80. The van der Waals surface area contributed by atoms with E-state index in [2.05, 4.69) is 22.5 Å². The van der Waals surface area contributed by atoms with E-state index in [1.807, 2.05) is 0 Å². The first-order chi connectivity index (χ1) is 11.6. The Morgan fingerprint density at radius 2 is 1.88 bits per heavy atom. The third-order valence-electron chi connectivity index (χ3n) is 4.21. The van der Waals surface area contributed by atoms with Crippen molar-refractivity contribution in [2.75, 3.05) is 52.8 Å². The topological polar surface area (TPSA) is 72.1 Å². The minimum Gasteiger partial charge on any atom is -0.493 e. The van der Waals surface area contributed by atoms with Crippen LogP contribution in [0, 0.1) is 0 Å². The molecule has 0 radical (unpaired) electrons. The highest BCUT2D eigenvalue weighted by molar-refractivity contribution is 5.91. The molecule has 1 aromatic rings. The minimum atomic E-state index is -0.0324. The van der Waals surface area contributed by atoms with Gasteiger partial charge in [-0.1, -0.05) is 0 Å². The van der Waals surface area contributed by atoms with E-state index in [-0.39, 0.29) is 18.3 Å². The van der Waals surface area contributed by atoms with Crippen molar-refractivity contribution in [2.45, 2.75) is 19.4 Å². The highest BCUT2D eigenvalue weighted by Crippen LogP contribution is 2.39. The van der Waals surface area contributed by atoms with Crippen molar-refractivity contribution in [1.29, 1.82) is 0 Å². The number of carbonyl (C=O) groups excluding carboxylic acids is 1. The normalized spacial score (nSPS) is 17.4. The number of halogens is 1. The van der Waals surface area contributed by atoms with Gasteiger partial charge in [0, 0.05) is 56.5 Å². The summed E-state index contributed by atoms with van der Waals surface area (Å²) in [6, 6.07) is 3.91. The second-order valence-electron chi connectivity index (χ2n) is 5.80. The maximum Gasteiger partial charge on any atom is 0.225 e. The monoisotopic (exact) mass is 373 g/mol. The Labute approximate surface area is 155 Å². The van der Waals surface area contributed by atoms with Crippen LogP contribution in [0.25, 0.3) is 0 Å². The van der Waals surface area contributed by atoms with Gasteiger partial charge in [-0.05, 0) is 6.92 Å². The van der Waals surface area contributed by atoms with Gasteiger partial charge in [0.15, 0.2) is 11.5 Å². The van der Waals surface area contributed by atoms with Gasteiger partial charge in [0.2, 0.25) is 11.7 Å². The smallest absolute Gasteiger partial charge is 0.225 e. The molecular formula is C17H28ClN3O4. The molecule has 0 unspecified atom stereocenters. The number of ether oxygens (including phenoxy) is 3. The Kier molecular flexibility index (Phi) is 8.82. The number of rotatable bonds is 7. The maximum absolute atomic E-state index is 12.2. The fraction of sp³-hybridized carbons (Fsp3) is 0.588. The molecule has 1 fully saturated rings. The predicted molar refractivity (Wildman–Crippen MR) is 100 cm³/mol. The van der Waals surface area contributed by atoms with Crippen LogP contribution in [-0.2, 0) is 4.79 Å². The van der Waals surface area contributed by atoms with E-state index in [1.54, 1.807) is 33.5 Å². The summed E-state index contributed by atoms with van der Waals surface area (Å²) < 4.78 is 15.9. The number of amides is 1. The van der Waals surface area contributed by atoms with Crippen molar-refractivity contribution in [2.24, 2.45) is 0 Å². The van der Waals surface area contributed by atoms with Gasteiger partial charge in [0.25, 0.3) is 0 Å². The SMILES string of the molecule is COc1cc(NC(=O)CCN2CCNC[C@H]2C)cc(OC)c1OC.Cl. The largest absolute Gasteiger partial charge is 0.493 e. The van der Waals surface area contributed by atoms with Crippen molar-refractivity contribution in [3.05, 3.63) is 12.1 Å². The van der Waals surface area contributed by atoms with Crippen molar-refractivity contribution < 1.29 is 19.0 Å². The summed E-state index contributed by atoms with van der Waals surface area (Å²) in [5.41, 5.74) is 0.628. The first-order valence-corrected chi connectivity index (χ1v) is 8.13. The highest BCUT2D eigenvalue weighted by atomic mass is 35.5. The quantitative estimate of drug-likeness (QED) is 0.758. The molecule has 1 atom stereocenters. The van der Waals surface area contributed by atoms with Gasteiger partial charge in [-0.15, -0.1) is 12.4 Å². The van der Waals surface area contributed by atoms with Crippen LogP contribution in [0.1, 0.15) is 13.3 Å². The molecule has 2 N–H and O–H groups in total. The average molecular weight is 374 g/mol. The van der Waals surface area contributed by atoms with E-state index in [4.69, 9.17) is 14.2 Å². The highest BCUT2D eigenvalue weighted by Gasteiger charge is 2.19. The molecule has 1 aliphatic heterocycles. The molecule has 1 saturated heterocycles. The summed E-state index contributed by atoms with van der Waals surface area (Å²) >= 11 is 0. The van der Waals surface area contributed by atoms with Gasteiger partial charge in [-0.3, -0.25) is 9.69 Å². The van der Waals surface area contributed by atoms with Crippen LogP contribution in [0.3, 0.4) is 0 Å². The van der Waals surface area contributed by atoms with E-state index in [9.17, 15) is 4.79 Å². The van der Waals surface area contributed by atoms with Crippen LogP contribution >= 0.6 is 12.4 Å². The number of carbonyl (C=O) groups is 1. The number of nitrogens with one attached hydrogen (secondary N) is 2. The number of methoxy groups -OCH3 is 3. The van der Waals surface area contributed by atoms with E-state index in [0.717, 1.165) is 26.2 Å². The molecule has 8 heteroatoms. The molecule has 0 aliphatic carbocycles. The van der Waals surface area contributed by atoms with E-state index in [1.165, 1.54) is 0 Å². The second kappa shape index (κ2) is 10.3. The van der Waals surface area contributed by atoms with Crippen molar-refractivity contribution in [1.82, 2.24) is 10.2 Å². The van der Waals surface area contributed by atoms with Crippen LogP contribution in [0.4, 0.5) is 5.69 Å². The van der Waals surface area contributed by atoms with E-state index in [0.29, 0.717) is 35.4 Å². The standard InChI is InChI=1S/C17H27N3O4.ClH/c1-12-11-18-6-8-20(12)7-5-16(21)19-13-9-14(22-2)17(24-4)15(10-13)23-3;/h9-10,12,18H,5-8,11H2,1-4H3,(H,19,21);1H/t12-;/m1./s1. The summed E-state index contributed by atoms with van der Waals surface area (Å²) in [6.45, 7) is 5.83. The average Bonchev–Trinajstić information content (AvgIpc) is 2.60. The van der Waals surface area contributed by atoms with E-state index >= 15 is 0 Å². The van der Waals surface area contributed by atoms with Crippen molar-refractivity contribution >= 4 is 24.0 Å². The zero-order valence-electron chi connectivity index (χ0n) is 15.3. The molecule has 0 spiro atoms. The molecule has 142 valence electrons. The van der Waals surface area contributed by atoms with Crippen LogP contribution in [-0.4, -0.2) is 64.4 Å². The number of nitrogens with zero attached hydrogens (tertiary/aromatic N) is 1. The zero-order chi connectivity index (χ0) is 17.5. The molecule has 0 saturated carbocycles. The summed E-state index contributed by atoms with van der Waals surface area (Å²) in [6.07, 6.45) is 0.445. The molecule has 1 amide bonds. The number of piperazine rings is 1. The fourth-order valence-electron chi connectivity index (χ4n) is 2.84. The molecule has 1 aliphatic rings. The lowest BCUT2D eigenvalue weighted by atomic mass is 10.2. The van der Waals surface area contributed by atoms with Gasteiger partial charge < -0.3 is 24.8 Å². The number of hydrogen-bond donors (Lipinski definition) is 2. The molecule has 0 bridgehead atoms. The first-order valence-electron chi connectivity index (χ1n) is 8.13. The van der Waals surface area contributed by atoms with Crippen LogP contribution < -0.4 is 24.8 Å². The lowest BCUT2D eigenvalue weighted by Gasteiger charge is -2.33. The fourth-order valence-corrected chi connectivity index (χ4v) is 2.84. The third-order valence-corrected chi connectivity index (χ3v) is 4.21. The molecule has 0 aromatic heterocycles. The molecule has 1 heterocycles. The molecule has 2 rings (SSSR count). The first kappa shape index (κ1) is 21.3. The summed E-state index contributed by atoms with van der Waals surface area (Å²) in [5.74, 6) is 1.51. The van der Waals surface area contributed by atoms with Gasteiger partial charge in [0.1, 0.15) is 0 Å². The summed E-state index contributed by atoms with van der Waals surface area (Å²) in [4.78, 5) is 14.6.